The van der Waals surface area contributed by atoms with Gasteiger partial charge < -0.3 is 10.2 Å². The average molecular weight is 327 g/mol. The van der Waals surface area contributed by atoms with Crippen LogP contribution in [0.15, 0.2) is 12.1 Å². The molecule has 2 amide bonds. The van der Waals surface area contributed by atoms with Crippen molar-refractivity contribution in [1.29, 1.82) is 0 Å². The molecule has 1 aromatic rings. The summed E-state index contributed by atoms with van der Waals surface area (Å²) in [5, 5.41) is 2.97. The molecule has 21 heavy (non-hydrogen) atoms. The summed E-state index contributed by atoms with van der Waals surface area (Å²) in [4.78, 5) is 27.8. The summed E-state index contributed by atoms with van der Waals surface area (Å²) in [5.74, 6) is 0.0184. The molecule has 6 heteroatoms. The number of rotatable bonds is 2. The van der Waals surface area contributed by atoms with Crippen LogP contribution in [0.4, 0.5) is 0 Å². The van der Waals surface area contributed by atoms with Crippen molar-refractivity contribution in [2.75, 3.05) is 6.54 Å². The minimum Gasteiger partial charge on any atom is -0.340 e. The van der Waals surface area contributed by atoms with Gasteiger partial charge in [-0.15, -0.1) is 11.3 Å². The zero-order valence-electron chi connectivity index (χ0n) is 12.0. The van der Waals surface area contributed by atoms with E-state index in [0.717, 1.165) is 37.0 Å². The van der Waals surface area contributed by atoms with Gasteiger partial charge in [0.2, 0.25) is 11.8 Å². The predicted octanol–water partition coefficient (Wildman–Crippen LogP) is 3.12. The molecule has 1 saturated heterocycles. The standard InChI is InChI=1S/C15H19ClN2O2S/c1-10(11-5-6-12(16)21-11)18-9-13(19)17-15(14(18)20)7-3-2-4-8-15/h5-6,10H,2-4,7-9H2,1H3,(H,17,19). The van der Waals surface area contributed by atoms with Crippen LogP contribution in [-0.4, -0.2) is 28.8 Å². The van der Waals surface area contributed by atoms with Crippen LogP contribution in [0.1, 0.15) is 49.9 Å². The summed E-state index contributed by atoms with van der Waals surface area (Å²) in [6.45, 7) is 2.10. The van der Waals surface area contributed by atoms with E-state index in [9.17, 15) is 9.59 Å². The number of amides is 2. The molecule has 2 fully saturated rings. The summed E-state index contributed by atoms with van der Waals surface area (Å²) in [6, 6.07) is 3.66. The molecule has 2 aliphatic rings. The Kier molecular flexibility index (Phi) is 3.97. The third-order valence-electron chi connectivity index (χ3n) is 4.54. The lowest BCUT2D eigenvalue weighted by Gasteiger charge is -2.45. The van der Waals surface area contributed by atoms with Crippen molar-refractivity contribution in [3.05, 3.63) is 21.3 Å². The van der Waals surface area contributed by atoms with E-state index >= 15 is 0 Å². The Morgan fingerprint density at radius 3 is 2.62 bits per heavy atom. The van der Waals surface area contributed by atoms with Gasteiger partial charge in [-0.2, -0.15) is 0 Å². The van der Waals surface area contributed by atoms with E-state index < -0.39 is 5.54 Å². The van der Waals surface area contributed by atoms with Crippen molar-refractivity contribution in [3.8, 4) is 0 Å². The number of hydrogen-bond acceptors (Lipinski definition) is 3. The SMILES string of the molecule is CC(c1ccc(Cl)s1)N1CC(=O)NC2(CCCCC2)C1=O. The number of thiophene rings is 1. The van der Waals surface area contributed by atoms with E-state index in [1.165, 1.54) is 11.3 Å². The largest absolute Gasteiger partial charge is 0.340 e. The molecule has 1 unspecified atom stereocenters. The topological polar surface area (TPSA) is 49.4 Å². The van der Waals surface area contributed by atoms with Gasteiger partial charge in [0.1, 0.15) is 12.1 Å². The van der Waals surface area contributed by atoms with Crippen LogP contribution in [0.25, 0.3) is 0 Å². The molecular formula is C15H19ClN2O2S. The molecular weight excluding hydrogens is 308 g/mol. The van der Waals surface area contributed by atoms with Crippen LogP contribution in [0.3, 0.4) is 0 Å². The molecule has 4 nitrogen and oxygen atoms in total. The lowest BCUT2D eigenvalue weighted by atomic mass is 9.79. The molecule has 0 aromatic carbocycles. The predicted molar refractivity (Wildman–Crippen MR) is 83.4 cm³/mol. The first kappa shape index (κ1) is 14.9. The Bertz CT molecular complexity index is 566. The number of nitrogens with one attached hydrogen (secondary N) is 1. The quantitative estimate of drug-likeness (QED) is 0.907. The first-order valence-corrected chi connectivity index (χ1v) is 8.59. The first-order chi connectivity index (χ1) is 10.0. The van der Waals surface area contributed by atoms with E-state index in [-0.39, 0.29) is 24.4 Å². The van der Waals surface area contributed by atoms with Crippen LogP contribution in [-0.2, 0) is 9.59 Å². The Morgan fingerprint density at radius 1 is 1.29 bits per heavy atom. The zero-order chi connectivity index (χ0) is 15.0. The van der Waals surface area contributed by atoms with Crippen molar-refractivity contribution in [2.24, 2.45) is 0 Å². The van der Waals surface area contributed by atoms with Gasteiger partial charge in [0.25, 0.3) is 0 Å². The number of hydrogen-bond donors (Lipinski definition) is 1. The summed E-state index contributed by atoms with van der Waals surface area (Å²) >= 11 is 7.45. The lowest BCUT2D eigenvalue weighted by Crippen LogP contribution is -2.67. The average Bonchev–Trinajstić information content (AvgIpc) is 2.90. The number of piperazine rings is 1. The van der Waals surface area contributed by atoms with Crippen molar-refractivity contribution in [1.82, 2.24) is 10.2 Å². The van der Waals surface area contributed by atoms with Crippen molar-refractivity contribution in [3.63, 3.8) is 0 Å². The van der Waals surface area contributed by atoms with E-state index in [1.807, 2.05) is 19.1 Å². The van der Waals surface area contributed by atoms with Crippen LogP contribution in [0.5, 0.6) is 0 Å². The molecule has 1 saturated carbocycles. The molecule has 3 rings (SSSR count). The minimum absolute atomic E-state index is 0.0500. The fourth-order valence-electron chi connectivity index (χ4n) is 3.37. The molecule has 114 valence electrons. The van der Waals surface area contributed by atoms with E-state index in [0.29, 0.717) is 4.34 Å². The lowest BCUT2D eigenvalue weighted by molar-refractivity contribution is -0.153. The van der Waals surface area contributed by atoms with Crippen LogP contribution >= 0.6 is 22.9 Å². The maximum absolute atomic E-state index is 13.0. The van der Waals surface area contributed by atoms with Crippen LogP contribution in [0, 0.1) is 0 Å². The maximum Gasteiger partial charge on any atom is 0.249 e. The van der Waals surface area contributed by atoms with Gasteiger partial charge in [0, 0.05) is 4.88 Å². The second-order valence-corrected chi connectivity index (χ2v) is 7.69. The fraction of sp³-hybridized carbons (Fsp3) is 0.600. The second-order valence-electron chi connectivity index (χ2n) is 5.94. The van der Waals surface area contributed by atoms with Gasteiger partial charge >= 0.3 is 0 Å². The molecule has 1 aliphatic heterocycles. The van der Waals surface area contributed by atoms with E-state index in [2.05, 4.69) is 5.32 Å². The molecule has 1 atom stereocenters. The molecule has 2 heterocycles. The Labute approximate surface area is 133 Å². The monoisotopic (exact) mass is 326 g/mol. The number of nitrogens with zero attached hydrogens (tertiary/aromatic N) is 1. The van der Waals surface area contributed by atoms with E-state index in [1.54, 1.807) is 4.90 Å². The minimum atomic E-state index is -0.664. The van der Waals surface area contributed by atoms with Gasteiger partial charge in [-0.25, -0.2) is 0 Å². The van der Waals surface area contributed by atoms with Crippen molar-refractivity contribution in [2.45, 2.75) is 50.6 Å². The highest BCUT2D eigenvalue weighted by Gasteiger charge is 2.48. The molecule has 0 bridgehead atoms. The molecule has 1 N–H and O–H groups in total. The van der Waals surface area contributed by atoms with E-state index in [4.69, 9.17) is 11.6 Å². The van der Waals surface area contributed by atoms with Crippen LogP contribution < -0.4 is 5.32 Å². The first-order valence-electron chi connectivity index (χ1n) is 7.39. The molecule has 1 aromatic heterocycles. The maximum atomic E-state index is 13.0. The zero-order valence-corrected chi connectivity index (χ0v) is 13.6. The smallest absolute Gasteiger partial charge is 0.249 e. The van der Waals surface area contributed by atoms with Crippen molar-refractivity contribution < 1.29 is 9.59 Å². The normalized spacial score (nSPS) is 23.2. The molecule has 0 radical (unpaired) electrons. The van der Waals surface area contributed by atoms with Gasteiger partial charge in [0.15, 0.2) is 0 Å². The number of carbonyl (C=O) groups is 2. The highest BCUT2D eigenvalue weighted by atomic mass is 35.5. The van der Waals surface area contributed by atoms with Gasteiger partial charge in [-0.1, -0.05) is 30.9 Å². The van der Waals surface area contributed by atoms with Crippen LogP contribution in [0.2, 0.25) is 4.34 Å². The second kappa shape index (κ2) is 5.61. The van der Waals surface area contributed by atoms with Gasteiger partial charge in [-0.05, 0) is 31.9 Å². The third-order valence-corrected chi connectivity index (χ3v) is 5.94. The number of carbonyl (C=O) groups excluding carboxylic acids is 2. The summed E-state index contributed by atoms with van der Waals surface area (Å²) in [7, 11) is 0. The van der Waals surface area contributed by atoms with Gasteiger partial charge in [0.05, 0.1) is 10.4 Å². The molecule has 1 spiro atoms. The third kappa shape index (κ3) is 2.69. The van der Waals surface area contributed by atoms with Gasteiger partial charge in [-0.3, -0.25) is 9.59 Å². The fourth-order valence-corrected chi connectivity index (χ4v) is 4.50. The number of halogens is 1. The summed E-state index contributed by atoms with van der Waals surface area (Å²) < 4.78 is 0.707. The summed E-state index contributed by atoms with van der Waals surface area (Å²) in [5.41, 5.74) is -0.664. The highest BCUT2D eigenvalue weighted by molar-refractivity contribution is 7.16. The Morgan fingerprint density at radius 2 is 2.00 bits per heavy atom. The Hall–Kier alpha value is -1.07. The highest BCUT2D eigenvalue weighted by Crippen LogP contribution is 2.37. The van der Waals surface area contributed by atoms with Crippen molar-refractivity contribution >= 4 is 34.8 Å². The summed E-state index contributed by atoms with van der Waals surface area (Å²) in [6.07, 6.45) is 4.65. The molecule has 1 aliphatic carbocycles. The Balaban J connectivity index is 1.87.